The standard InChI is InChI=1S/C9H12BrNO/c1-12-7-11-6-8-3-2-4-9(10)5-8/h2-5,11H,6-7H2,1H3. The fourth-order valence-corrected chi connectivity index (χ4v) is 1.39. The van der Waals surface area contributed by atoms with Crippen molar-refractivity contribution in [3.63, 3.8) is 0 Å². The molecular formula is C9H12BrNO. The second-order valence-electron chi connectivity index (χ2n) is 2.49. The SMILES string of the molecule is COCNCc1cccc(Br)c1. The molecule has 1 aromatic carbocycles. The van der Waals surface area contributed by atoms with Crippen molar-refractivity contribution in [2.45, 2.75) is 6.54 Å². The van der Waals surface area contributed by atoms with Crippen LogP contribution in [0.2, 0.25) is 0 Å². The zero-order chi connectivity index (χ0) is 8.81. The maximum atomic E-state index is 4.87. The van der Waals surface area contributed by atoms with Crippen LogP contribution >= 0.6 is 15.9 Å². The van der Waals surface area contributed by atoms with Crippen LogP contribution in [0.15, 0.2) is 28.7 Å². The van der Waals surface area contributed by atoms with Gasteiger partial charge in [-0.05, 0) is 17.7 Å². The summed E-state index contributed by atoms with van der Waals surface area (Å²) in [6, 6.07) is 8.20. The highest BCUT2D eigenvalue weighted by atomic mass is 79.9. The zero-order valence-corrected chi connectivity index (χ0v) is 8.60. The highest BCUT2D eigenvalue weighted by Crippen LogP contribution is 2.10. The molecule has 0 aliphatic carbocycles. The van der Waals surface area contributed by atoms with Crippen LogP contribution in [0, 0.1) is 0 Å². The quantitative estimate of drug-likeness (QED) is 0.632. The molecule has 0 aromatic heterocycles. The van der Waals surface area contributed by atoms with Crippen molar-refractivity contribution in [2.24, 2.45) is 0 Å². The Morgan fingerprint density at radius 1 is 1.50 bits per heavy atom. The van der Waals surface area contributed by atoms with E-state index < -0.39 is 0 Å². The monoisotopic (exact) mass is 229 g/mol. The Bertz CT molecular complexity index is 240. The summed E-state index contributed by atoms with van der Waals surface area (Å²) in [5.74, 6) is 0. The van der Waals surface area contributed by atoms with E-state index in [1.807, 2.05) is 12.1 Å². The maximum Gasteiger partial charge on any atom is 0.0964 e. The van der Waals surface area contributed by atoms with Gasteiger partial charge >= 0.3 is 0 Å². The third-order valence-electron chi connectivity index (χ3n) is 1.46. The molecule has 3 heteroatoms. The molecule has 12 heavy (non-hydrogen) atoms. The zero-order valence-electron chi connectivity index (χ0n) is 7.01. The summed E-state index contributed by atoms with van der Waals surface area (Å²) in [4.78, 5) is 0. The predicted molar refractivity (Wildman–Crippen MR) is 52.9 cm³/mol. The molecule has 1 rings (SSSR count). The molecule has 0 unspecified atom stereocenters. The summed E-state index contributed by atoms with van der Waals surface area (Å²) < 4.78 is 5.98. The number of hydrogen-bond acceptors (Lipinski definition) is 2. The first kappa shape index (κ1) is 9.71. The Labute approximate surface area is 81.1 Å². The van der Waals surface area contributed by atoms with Crippen LogP contribution in [0.1, 0.15) is 5.56 Å². The molecule has 0 spiro atoms. The molecule has 0 atom stereocenters. The normalized spacial score (nSPS) is 10.2. The Morgan fingerprint density at radius 2 is 2.33 bits per heavy atom. The average Bonchev–Trinajstić information content (AvgIpc) is 2.05. The molecule has 1 aromatic rings. The molecule has 0 amide bonds. The topological polar surface area (TPSA) is 21.3 Å². The third-order valence-corrected chi connectivity index (χ3v) is 1.96. The highest BCUT2D eigenvalue weighted by molar-refractivity contribution is 9.10. The first-order valence-electron chi connectivity index (χ1n) is 3.77. The molecule has 0 fully saturated rings. The van der Waals surface area contributed by atoms with E-state index in [-0.39, 0.29) is 0 Å². The van der Waals surface area contributed by atoms with E-state index in [9.17, 15) is 0 Å². The fraction of sp³-hybridized carbons (Fsp3) is 0.333. The lowest BCUT2D eigenvalue weighted by atomic mass is 10.2. The van der Waals surface area contributed by atoms with Gasteiger partial charge in [0.25, 0.3) is 0 Å². The molecule has 0 aliphatic heterocycles. The van der Waals surface area contributed by atoms with E-state index in [1.165, 1.54) is 5.56 Å². The van der Waals surface area contributed by atoms with Crippen molar-refractivity contribution in [3.8, 4) is 0 Å². The second kappa shape index (κ2) is 5.30. The van der Waals surface area contributed by atoms with Crippen LogP contribution < -0.4 is 5.32 Å². The Balaban J connectivity index is 2.41. The molecule has 0 bridgehead atoms. The van der Waals surface area contributed by atoms with Gasteiger partial charge in [-0.25, -0.2) is 0 Å². The molecule has 1 N–H and O–H groups in total. The Hall–Kier alpha value is -0.380. The number of halogens is 1. The summed E-state index contributed by atoms with van der Waals surface area (Å²) in [7, 11) is 1.67. The minimum absolute atomic E-state index is 0.590. The van der Waals surface area contributed by atoms with Gasteiger partial charge in [0.1, 0.15) is 0 Å². The predicted octanol–water partition coefficient (Wildman–Crippen LogP) is 2.14. The lowest BCUT2D eigenvalue weighted by molar-refractivity contribution is 0.174. The van der Waals surface area contributed by atoms with Gasteiger partial charge in [-0.3, -0.25) is 5.32 Å². The van der Waals surface area contributed by atoms with Crippen LogP contribution in [0.25, 0.3) is 0 Å². The van der Waals surface area contributed by atoms with Crippen LogP contribution in [-0.2, 0) is 11.3 Å². The van der Waals surface area contributed by atoms with E-state index in [2.05, 4.69) is 33.4 Å². The van der Waals surface area contributed by atoms with Gasteiger partial charge in [0, 0.05) is 18.1 Å². The van der Waals surface area contributed by atoms with Crippen LogP contribution in [0.5, 0.6) is 0 Å². The lowest BCUT2D eigenvalue weighted by Crippen LogP contribution is -2.15. The molecule has 0 radical (unpaired) electrons. The summed E-state index contributed by atoms with van der Waals surface area (Å²) >= 11 is 3.41. The molecule has 2 nitrogen and oxygen atoms in total. The fourth-order valence-electron chi connectivity index (χ4n) is 0.944. The van der Waals surface area contributed by atoms with Gasteiger partial charge in [-0.1, -0.05) is 28.1 Å². The number of hydrogen-bond donors (Lipinski definition) is 1. The van der Waals surface area contributed by atoms with E-state index >= 15 is 0 Å². The molecule has 0 saturated carbocycles. The van der Waals surface area contributed by atoms with E-state index in [4.69, 9.17) is 4.74 Å². The molecule has 66 valence electrons. The number of ether oxygens (including phenoxy) is 1. The van der Waals surface area contributed by atoms with E-state index in [0.717, 1.165) is 11.0 Å². The van der Waals surface area contributed by atoms with Gasteiger partial charge in [0.2, 0.25) is 0 Å². The van der Waals surface area contributed by atoms with Gasteiger partial charge in [-0.15, -0.1) is 0 Å². The van der Waals surface area contributed by atoms with E-state index in [0.29, 0.717) is 6.73 Å². The van der Waals surface area contributed by atoms with Crippen LogP contribution in [0.3, 0.4) is 0 Å². The van der Waals surface area contributed by atoms with Crippen LogP contribution in [-0.4, -0.2) is 13.8 Å². The van der Waals surface area contributed by atoms with Crippen molar-refractivity contribution >= 4 is 15.9 Å². The van der Waals surface area contributed by atoms with Gasteiger partial charge in [-0.2, -0.15) is 0 Å². The van der Waals surface area contributed by atoms with Crippen molar-refractivity contribution in [1.82, 2.24) is 5.32 Å². The van der Waals surface area contributed by atoms with Gasteiger partial charge in [0.15, 0.2) is 0 Å². The first-order valence-corrected chi connectivity index (χ1v) is 4.56. The third kappa shape index (κ3) is 3.34. The van der Waals surface area contributed by atoms with Crippen LogP contribution in [0.4, 0.5) is 0 Å². The molecule has 0 saturated heterocycles. The van der Waals surface area contributed by atoms with Crippen molar-refractivity contribution in [1.29, 1.82) is 0 Å². The Morgan fingerprint density at radius 3 is 3.00 bits per heavy atom. The molecular weight excluding hydrogens is 218 g/mol. The molecule has 0 heterocycles. The number of methoxy groups -OCH3 is 1. The van der Waals surface area contributed by atoms with E-state index in [1.54, 1.807) is 7.11 Å². The van der Waals surface area contributed by atoms with Crippen molar-refractivity contribution < 1.29 is 4.74 Å². The van der Waals surface area contributed by atoms with Gasteiger partial charge < -0.3 is 4.74 Å². The summed E-state index contributed by atoms with van der Waals surface area (Å²) in [6.07, 6.45) is 0. The first-order chi connectivity index (χ1) is 5.83. The minimum atomic E-state index is 0.590. The second-order valence-corrected chi connectivity index (χ2v) is 3.41. The summed E-state index contributed by atoms with van der Waals surface area (Å²) in [5.41, 5.74) is 1.25. The number of rotatable bonds is 4. The minimum Gasteiger partial charge on any atom is -0.370 e. The average molecular weight is 230 g/mol. The Kier molecular flexibility index (Phi) is 4.29. The molecule has 0 aliphatic rings. The lowest BCUT2D eigenvalue weighted by Gasteiger charge is -2.03. The van der Waals surface area contributed by atoms with Gasteiger partial charge in [0.05, 0.1) is 6.73 Å². The van der Waals surface area contributed by atoms with Crippen molar-refractivity contribution in [2.75, 3.05) is 13.8 Å². The number of nitrogens with one attached hydrogen (secondary N) is 1. The number of benzene rings is 1. The summed E-state index contributed by atoms with van der Waals surface area (Å²) in [5, 5.41) is 3.14. The smallest absolute Gasteiger partial charge is 0.0964 e. The van der Waals surface area contributed by atoms with Crippen molar-refractivity contribution in [3.05, 3.63) is 34.3 Å². The highest BCUT2D eigenvalue weighted by Gasteiger charge is 1.91. The maximum absolute atomic E-state index is 4.87. The largest absolute Gasteiger partial charge is 0.370 e. The summed E-state index contributed by atoms with van der Waals surface area (Å²) in [6.45, 7) is 1.43.